The van der Waals surface area contributed by atoms with Crippen molar-refractivity contribution in [1.29, 1.82) is 0 Å². The van der Waals surface area contributed by atoms with Gasteiger partial charge in [0.1, 0.15) is 0 Å². The van der Waals surface area contributed by atoms with Crippen molar-refractivity contribution in [3.05, 3.63) is 60.7 Å². The number of nitrogens with zero attached hydrogens (tertiary/aromatic N) is 2. The predicted molar refractivity (Wildman–Crippen MR) is 91.7 cm³/mol. The highest BCUT2D eigenvalue weighted by atomic mass is 32.1. The van der Waals surface area contributed by atoms with Gasteiger partial charge in [-0.1, -0.05) is 36.4 Å². The van der Waals surface area contributed by atoms with E-state index < -0.39 is 0 Å². The first-order valence-electron chi connectivity index (χ1n) is 6.83. The van der Waals surface area contributed by atoms with Crippen molar-refractivity contribution in [3.8, 4) is 0 Å². The molecule has 0 atom stereocenters. The summed E-state index contributed by atoms with van der Waals surface area (Å²) in [7, 11) is 0. The van der Waals surface area contributed by atoms with Crippen molar-refractivity contribution in [2.24, 2.45) is 4.99 Å². The third-order valence-corrected chi connectivity index (χ3v) is 3.46. The van der Waals surface area contributed by atoms with E-state index in [1.54, 1.807) is 0 Å². The van der Waals surface area contributed by atoms with Gasteiger partial charge in [0.2, 0.25) is 5.96 Å². The molecule has 3 rings (SSSR count). The fourth-order valence-electron chi connectivity index (χ4n) is 2.11. The van der Waals surface area contributed by atoms with Gasteiger partial charge in [-0.15, -0.1) is 0 Å². The molecular formula is C16H16N4S. The molecule has 1 heterocycles. The van der Waals surface area contributed by atoms with Gasteiger partial charge in [0.25, 0.3) is 0 Å². The number of guanidine groups is 1. The van der Waals surface area contributed by atoms with E-state index in [0.29, 0.717) is 5.11 Å². The van der Waals surface area contributed by atoms with Gasteiger partial charge in [-0.2, -0.15) is 0 Å². The van der Waals surface area contributed by atoms with Gasteiger partial charge in [0, 0.05) is 17.9 Å². The zero-order valence-corrected chi connectivity index (χ0v) is 12.3. The van der Waals surface area contributed by atoms with Crippen LogP contribution >= 0.6 is 12.2 Å². The van der Waals surface area contributed by atoms with Crippen molar-refractivity contribution in [1.82, 2.24) is 4.90 Å². The summed E-state index contributed by atoms with van der Waals surface area (Å²) < 4.78 is 0. The van der Waals surface area contributed by atoms with E-state index >= 15 is 0 Å². The van der Waals surface area contributed by atoms with E-state index in [4.69, 9.17) is 12.2 Å². The number of para-hydroxylation sites is 2. The average molecular weight is 296 g/mol. The summed E-state index contributed by atoms with van der Waals surface area (Å²) in [6, 6.07) is 19.9. The number of hydrogen-bond donors (Lipinski definition) is 2. The van der Waals surface area contributed by atoms with Crippen LogP contribution in [0.3, 0.4) is 0 Å². The molecule has 1 aliphatic heterocycles. The smallest absolute Gasteiger partial charge is 0.204 e. The molecule has 1 aliphatic rings. The Bertz CT molecular complexity index is 640. The summed E-state index contributed by atoms with van der Waals surface area (Å²) in [5.74, 6) is 0.787. The summed E-state index contributed by atoms with van der Waals surface area (Å²) in [6.07, 6.45) is 0. The molecule has 0 spiro atoms. The number of aliphatic imine (C=N–C) groups is 1. The lowest BCUT2D eigenvalue weighted by Gasteiger charge is -2.22. The summed E-state index contributed by atoms with van der Waals surface area (Å²) >= 11 is 5.48. The van der Waals surface area contributed by atoms with Crippen molar-refractivity contribution >= 4 is 34.7 Å². The Balaban J connectivity index is 1.67. The highest BCUT2D eigenvalue weighted by Gasteiger charge is 2.21. The zero-order chi connectivity index (χ0) is 14.5. The van der Waals surface area contributed by atoms with Crippen LogP contribution in [0.15, 0.2) is 65.7 Å². The average Bonchev–Trinajstić information content (AvgIpc) is 2.97. The van der Waals surface area contributed by atoms with Crippen LogP contribution in [-0.2, 0) is 0 Å². The molecule has 21 heavy (non-hydrogen) atoms. The van der Waals surface area contributed by atoms with Crippen LogP contribution in [0.2, 0.25) is 0 Å². The SMILES string of the molecule is S=C(Nc1ccccc1)N1CCN=C1Nc1ccccc1. The second-order valence-electron chi connectivity index (χ2n) is 4.64. The monoisotopic (exact) mass is 296 g/mol. The fraction of sp³-hybridized carbons (Fsp3) is 0.125. The Hall–Kier alpha value is -2.40. The Kier molecular flexibility index (Phi) is 4.12. The Morgan fingerprint density at radius 1 is 0.952 bits per heavy atom. The highest BCUT2D eigenvalue weighted by molar-refractivity contribution is 7.80. The molecule has 0 amide bonds. The van der Waals surface area contributed by atoms with Crippen molar-refractivity contribution < 1.29 is 0 Å². The molecule has 2 aromatic rings. The van der Waals surface area contributed by atoms with Crippen LogP contribution in [0.4, 0.5) is 11.4 Å². The molecule has 0 bridgehead atoms. The quantitative estimate of drug-likeness (QED) is 0.835. The molecule has 0 unspecified atom stereocenters. The molecule has 0 saturated carbocycles. The van der Waals surface area contributed by atoms with Gasteiger partial charge in [0.15, 0.2) is 5.11 Å². The first kappa shape index (κ1) is 13.6. The van der Waals surface area contributed by atoms with E-state index in [1.807, 2.05) is 65.6 Å². The second-order valence-corrected chi connectivity index (χ2v) is 5.03. The maximum Gasteiger partial charge on any atom is 0.204 e. The van der Waals surface area contributed by atoms with Crippen LogP contribution in [0.5, 0.6) is 0 Å². The third-order valence-electron chi connectivity index (χ3n) is 3.14. The molecule has 4 nitrogen and oxygen atoms in total. The molecule has 0 radical (unpaired) electrons. The van der Waals surface area contributed by atoms with Gasteiger partial charge < -0.3 is 10.6 Å². The lowest BCUT2D eigenvalue weighted by molar-refractivity contribution is 0.674. The van der Waals surface area contributed by atoms with Gasteiger partial charge in [0.05, 0.1) is 6.54 Å². The highest BCUT2D eigenvalue weighted by Crippen LogP contribution is 2.12. The summed E-state index contributed by atoms with van der Waals surface area (Å²) in [5.41, 5.74) is 1.99. The number of nitrogens with one attached hydrogen (secondary N) is 2. The maximum absolute atomic E-state index is 5.48. The molecule has 106 valence electrons. The Morgan fingerprint density at radius 2 is 1.57 bits per heavy atom. The molecule has 0 saturated heterocycles. The Labute approximate surface area is 129 Å². The number of benzene rings is 2. The standard InChI is InChI=1S/C16H16N4S/c21-16(19-14-9-5-2-6-10-14)20-12-11-17-15(20)18-13-7-3-1-4-8-13/h1-10H,11-12H2,(H,17,18)(H,19,21). The topological polar surface area (TPSA) is 39.7 Å². The third kappa shape index (κ3) is 3.38. The molecule has 0 aromatic heterocycles. The number of anilines is 2. The normalized spacial score (nSPS) is 13.7. The summed E-state index contributed by atoms with van der Waals surface area (Å²) in [6.45, 7) is 1.53. The van der Waals surface area contributed by atoms with Crippen molar-refractivity contribution in [3.63, 3.8) is 0 Å². The minimum absolute atomic E-state index is 0.654. The van der Waals surface area contributed by atoms with Crippen molar-refractivity contribution in [2.75, 3.05) is 23.7 Å². The van der Waals surface area contributed by atoms with E-state index in [9.17, 15) is 0 Å². The number of thiocarbonyl (C=S) groups is 1. The van der Waals surface area contributed by atoms with Gasteiger partial charge in [-0.05, 0) is 36.5 Å². The molecule has 5 heteroatoms. The van der Waals surface area contributed by atoms with E-state index in [2.05, 4.69) is 15.6 Å². The van der Waals surface area contributed by atoms with Gasteiger partial charge in [-0.3, -0.25) is 9.89 Å². The predicted octanol–water partition coefficient (Wildman–Crippen LogP) is 3.17. The van der Waals surface area contributed by atoms with E-state index in [1.165, 1.54) is 0 Å². The molecule has 2 aromatic carbocycles. The van der Waals surface area contributed by atoms with Gasteiger partial charge >= 0.3 is 0 Å². The lowest BCUT2D eigenvalue weighted by atomic mass is 10.3. The molecule has 2 N–H and O–H groups in total. The first-order valence-corrected chi connectivity index (χ1v) is 7.24. The van der Waals surface area contributed by atoms with Crippen LogP contribution < -0.4 is 10.6 Å². The molecule has 0 fully saturated rings. The largest absolute Gasteiger partial charge is 0.332 e. The molecular weight excluding hydrogens is 280 g/mol. The summed E-state index contributed by atoms with van der Waals surface area (Å²) in [5, 5.41) is 7.20. The second kappa shape index (κ2) is 6.37. The maximum atomic E-state index is 5.48. The van der Waals surface area contributed by atoms with Crippen LogP contribution in [0.1, 0.15) is 0 Å². The fourth-order valence-corrected chi connectivity index (χ4v) is 2.41. The minimum Gasteiger partial charge on any atom is -0.332 e. The number of rotatable bonds is 2. The summed E-state index contributed by atoms with van der Waals surface area (Å²) in [4.78, 5) is 6.46. The minimum atomic E-state index is 0.654. The van der Waals surface area contributed by atoms with Crippen LogP contribution in [0, 0.1) is 0 Å². The van der Waals surface area contributed by atoms with E-state index in [0.717, 1.165) is 30.4 Å². The van der Waals surface area contributed by atoms with E-state index in [-0.39, 0.29) is 0 Å². The van der Waals surface area contributed by atoms with Crippen molar-refractivity contribution in [2.45, 2.75) is 0 Å². The number of hydrogen-bond acceptors (Lipinski definition) is 3. The lowest BCUT2D eigenvalue weighted by Crippen LogP contribution is -2.40. The molecule has 0 aliphatic carbocycles. The van der Waals surface area contributed by atoms with Crippen LogP contribution in [-0.4, -0.2) is 29.1 Å². The zero-order valence-electron chi connectivity index (χ0n) is 11.5. The first-order chi connectivity index (χ1) is 10.3. The Morgan fingerprint density at radius 3 is 2.24 bits per heavy atom. The van der Waals surface area contributed by atoms with Crippen LogP contribution in [0.25, 0.3) is 0 Å². The van der Waals surface area contributed by atoms with Gasteiger partial charge in [-0.25, -0.2) is 0 Å².